The quantitative estimate of drug-likeness (QED) is 0.182. The zero-order chi connectivity index (χ0) is 33.0. The van der Waals surface area contributed by atoms with Crippen molar-refractivity contribution in [1.29, 1.82) is 0 Å². The molecule has 0 unspecified atom stereocenters. The largest absolute Gasteiger partial charge is 0.496 e. The lowest BCUT2D eigenvalue weighted by Gasteiger charge is -2.23. The summed E-state index contributed by atoms with van der Waals surface area (Å²) in [5.74, 6) is 1.77. The lowest BCUT2D eigenvalue weighted by atomic mass is 9.83. The Morgan fingerprint density at radius 2 is 0.614 bits per heavy atom. The maximum atomic E-state index is 12.0. The minimum atomic E-state index is -0.149. The summed E-state index contributed by atoms with van der Waals surface area (Å²) in [7, 11) is 4.83. The number of benzene rings is 3. The van der Waals surface area contributed by atoms with Gasteiger partial charge >= 0.3 is 0 Å². The normalized spacial score (nSPS) is 12.5. The van der Waals surface area contributed by atoms with E-state index in [1.807, 2.05) is 36.4 Å². The molecule has 0 N–H and O–H groups in total. The molecule has 44 heavy (non-hydrogen) atoms. The number of aldehydes is 2. The van der Waals surface area contributed by atoms with E-state index in [0.29, 0.717) is 28.4 Å². The molecule has 3 rings (SSSR count). The fraction of sp³-hybridized carbons (Fsp3) is 0.385. The van der Waals surface area contributed by atoms with Gasteiger partial charge in [0.15, 0.2) is 12.6 Å². The molecular formula is C39H48O5. The second-order valence-corrected chi connectivity index (χ2v) is 14.2. The summed E-state index contributed by atoms with van der Waals surface area (Å²) in [5.41, 5.74) is 7.21. The van der Waals surface area contributed by atoms with E-state index in [2.05, 4.69) is 86.6 Å². The van der Waals surface area contributed by atoms with Crippen molar-refractivity contribution in [2.45, 2.75) is 78.6 Å². The Hall–Kier alpha value is -4.12. The van der Waals surface area contributed by atoms with Crippen LogP contribution < -0.4 is 14.2 Å². The molecule has 3 aromatic carbocycles. The Morgan fingerprint density at radius 1 is 0.409 bits per heavy atom. The highest BCUT2D eigenvalue weighted by atomic mass is 16.5. The predicted octanol–water partition coefficient (Wildman–Crippen LogP) is 9.57. The molecule has 5 heteroatoms. The van der Waals surface area contributed by atoms with Crippen molar-refractivity contribution in [3.63, 3.8) is 0 Å². The molecule has 0 aromatic heterocycles. The summed E-state index contributed by atoms with van der Waals surface area (Å²) in [6.45, 7) is 19.2. The van der Waals surface area contributed by atoms with Crippen LogP contribution >= 0.6 is 0 Å². The second kappa shape index (κ2) is 13.3. The van der Waals surface area contributed by atoms with Crippen LogP contribution in [0.15, 0.2) is 36.4 Å². The van der Waals surface area contributed by atoms with Crippen LogP contribution in [0.3, 0.4) is 0 Å². The summed E-state index contributed by atoms with van der Waals surface area (Å²) in [6.07, 6.45) is 9.66. The van der Waals surface area contributed by atoms with Crippen molar-refractivity contribution in [3.05, 3.63) is 86.5 Å². The number of methoxy groups -OCH3 is 3. The maximum absolute atomic E-state index is 12.0. The van der Waals surface area contributed by atoms with Crippen molar-refractivity contribution in [2.75, 3.05) is 21.3 Å². The van der Waals surface area contributed by atoms with Crippen LogP contribution in [0, 0.1) is 0 Å². The van der Waals surface area contributed by atoms with Crippen molar-refractivity contribution in [1.82, 2.24) is 0 Å². The first-order chi connectivity index (χ1) is 20.5. The van der Waals surface area contributed by atoms with E-state index in [1.165, 1.54) is 0 Å². The minimum Gasteiger partial charge on any atom is -0.496 e. The molecule has 0 bridgehead atoms. The highest BCUT2D eigenvalue weighted by Crippen LogP contribution is 2.38. The summed E-state index contributed by atoms with van der Waals surface area (Å²) < 4.78 is 17.4. The Bertz CT molecular complexity index is 1480. The molecule has 0 heterocycles. The van der Waals surface area contributed by atoms with Gasteiger partial charge in [-0.2, -0.15) is 0 Å². The number of hydrogen-bond acceptors (Lipinski definition) is 5. The molecule has 0 saturated carbocycles. The number of carbonyl (C=O) groups excluding carboxylic acids is 2. The van der Waals surface area contributed by atoms with Gasteiger partial charge in [-0.15, -0.1) is 0 Å². The van der Waals surface area contributed by atoms with Gasteiger partial charge in [-0.3, -0.25) is 9.59 Å². The predicted molar refractivity (Wildman–Crippen MR) is 184 cm³/mol. The highest BCUT2D eigenvalue weighted by molar-refractivity contribution is 5.88. The van der Waals surface area contributed by atoms with Gasteiger partial charge in [0.25, 0.3) is 0 Å². The molecular weight excluding hydrogens is 548 g/mol. The molecule has 0 aliphatic carbocycles. The van der Waals surface area contributed by atoms with Crippen molar-refractivity contribution >= 4 is 36.9 Å². The molecule has 0 saturated heterocycles. The summed E-state index contributed by atoms with van der Waals surface area (Å²) in [4.78, 5) is 24.0. The average Bonchev–Trinajstić information content (AvgIpc) is 2.95. The van der Waals surface area contributed by atoms with E-state index < -0.39 is 0 Å². The Labute approximate surface area is 263 Å². The van der Waals surface area contributed by atoms with Crippen LogP contribution in [0.5, 0.6) is 17.2 Å². The fourth-order valence-electron chi connectivity index (χ4n) is 5.06. The molecule has 3 aromatic rings. The standard InChI is InChI=1S/C39H48O5/c1-37(2,3)31-17-25(13-15-27-19-32(38(4,5)6)21-29(23-40)35(27)43-11)34(42-10)26(18-31)14-16-28-20-33(39(7,8)9)22-30(24-41)36(28)44-12/h13-24H,1-12H3/b15-13-,16-14-. The summed E-state index contributed by atoms with van der Waals surface area (Å²) in [5, 5.41) is 0. The van der Waals surface area contributed by atoms with Crippen molar-refractivity contribution in [3.8, 4) is 17.2 Å². The van der Waals surface area contributed by atoms with Gasteiger partial charge in [0.05, 0.1) is 32.5 Å². The van der Waals surface area contributed by atoms with Crippen LogP contribution in [0.25, 0.3) is 24.3 Å². The average molecular weight is 597 g/mol. The Balaban J connectivity index is 2.27. The number of carbonyl (C=O) groups is 2. The van der Waals surface area contributed by atoms with Crippen molar-refractivity contribution in [2.24, 2.45) is 0 Å². The first-order valence-corrected chi connectivity index (χ1v) is 14.9. The summed E-state index contributed by atoms with van der Waals surface area (Å²) >= 11 is 0. The van der Waals surface area contributed by atoms with Crippen LogP contribution in [-0.2, 0) is 16.2 Å². The first-order valence-electron chi connectivity index (χ1n) is 14.9. The van der Waals surface area contributed by atoms with Gasteiger partial charge in [0.2, 0.25) is 0 Å². The molecule has 0 fully saturated rings. The fourth-order valence-corrected chi connectivity index (χ4v) is 5.06. The van der Waals surface area contributed by atoms with Gasteiger partial charge in [0.1, 0.15) is 17.2 Å². The topological polar surface area (TPSA) is 61.8 Å². The number of rotatable bonds is 9. The van der Waals surface area contributed by atoms with E-state index in [4.69, 9.17) is 14.2 Å². The van der Waals surface area contributed by atoms with Crippen LogP contribution in [-0.4, -0.2) is 33.9 Å². The summed E-state index contributed by atoms with van der Waals surface area (Å²) in [6, 6.07) is 12.2. The number of ether oxygens (including phenoxy) is 3. The van der Waals surface area contributed by atoms with E-state index in [0.717, 1.165) is 51.5 Å². The van der Waals surface area contributed by atoms with Crippen LogP contribution in [0.4, 0.5) is 0 Å². The lowest BCUT2D eigenvalue weighted by molar-refractivity contribution is 0.111. The van der Waals surface area contributed by atoms with Gasteiger partial charge < -0.3 is 14.2 Å². The second-order valence-electron chi connectivity index (χ2n) is 14.2. The van der Waals surface area contributed by atoms with E-state index in [9.17, 15) is 9.59 Å². The van der Waals surface area contributed by atoms with Crippen molar-refractivity contribution < 1.29 is 23.8 Å². The van der Waals surface area contributed by atoms with Gasteiger partial charge in [-0.25, -0.2) is 0 Å². The molecule has 234 valence electrons. The lowest BCUT2D eigenvalue weighted by Crippen LogP contribution is -2.12. The van der Waals surface area contributed by atoms with Gasteiger partial charge in [0, 0.05) is 22.3 Å². The number of hydrogen-bond donors (Lipinski definition) is 0. The van der Waals surface area contributed by atoms with E-state index in [-0.39, 0.29) is 16.2 Å². The van der Waals surface area contributed by atoms with Crippen LogP contribution in [0.2, 0.25) is 0 Å². The van der Waals surface area contributed by atoms with Gasteiger partial charge in [-0.1, -0.05) is 86.6 Å². The van der Waals surface area contributed by atoms with E-state index >= 15 is 0 Å². The molecule has 0 atom stereocenters. The molecule has 0 spiro atoms. The zero-order valence-electron chi connectivity index (χ0n) is 28.5. The minimum absolute atomic E-state index is 0.138. The van der Waals surface area contributed by atoms with Gasteiger partial charge in [-0.05, 0) is 69.3 Å². The smallest absolute Gasteiger partial charge is 0.153 e. The maximum Gasteiger partial charge on any atom is 0.153 e. The van der Waals surface area contributed by atoms with E-state index in [1.54, 1.807) is 21.3 Å². The zero-order valence-corrected chi connectivity index (χ0v) is 28.5. The highest BCUT2D eigenvalue weighted by Gasteiger charge is 2.22. The first kappa shape index (κ1) is 34.4. The Kier molecular flexibility index (Phi) is 10.4. The molecule has 0 amide bonds. The molecule has 0 radical (unpaired) electrons. The Morgan fingerprint density at radius 3 is 0.795 bits per heavy atom. The SMILES string of the molecule is COc1c(C=O)cc(C(C)(C)C)cc1/C=C\c1cc(C(C)(C)C)cc(/C=C\c2cc(C(C)(C)C)cc(C=O)c2OC)c1OC. The van der Waals surface area contributed by atoms with Crippen LogP contribution in [0.1, 0.15) is 122 Å². The molecule has 0 aliphatic heterocycles. The third-order valence-electron chi connectivity index (χ3n) is 7.79. The third-order valence-corrected chi connectivity index (χ3v) is 7.79. The third kappa shape index (κ3) is 7.68. The molecule has 0 aliphatic rings. The molecule has 5 nitrogen and oxygen atoms in total. The monoisotopic (exact) mass is 596 g/mol.